The Kier molecular flexibility index (Phi) is 2.31. The van der Waals surface area contributed by atoms with Crippen molar-refractivity contribution in [3.63, 3.8) is 0 Å². The van der Waals surface area contributed by atoms with Crippen LogP contribution in [0, 0.1) is 0 Å². The van der Waals surface area contributed by atoms with E-state index in [0.29, 0.717) is 18.3 Å². The maximum atomic E-state index is 12.5. The number of aromatic nitrogens is 1. The third kappa shape index (κ3) is 1.44. The molecule has 1 atom stereocenters. The average molecular weight is 315 g/mol. The Morgan fingerprint density at radius 2 is 2.32 bits per heavy atom. The molecule has 0 spiro atoms. The smallest absolute Gasteiger partial charge is 0.331 e. The van der Waals surface area contributed by atoms with Crippen LogP contribution in [0.2, 0.25) is 0 Å². The minimum absolute atomic E-state index is 0.00596. The van der Waals surface area contributed by atoms with Crippen LogP contribution in [0.4, 0.5) is 9.93 Å². The molecule has 5 rings (SSSR count). The molecule has 22 heavy (non-hydrogen) atoms. The lowest BCUT2D eigenvalue weighted by Crippen LogP contribution is -2.32. The molecule has 1 fully saturated rings. The van der Waals surface area contributed by atoms with Crippen LogP contribution in [-0.2, 0) is 11.2 Å². The number of fused-ring (bicyclic) bond motifs is 4. The van der Waals surface area contributed by atoms with Gasteiger partial charge >= 0.3 is 6.03 Å². The molecule has 112 valence electrons. The van der Waals surface area contributed by atoms with Crippen molar-refractivity contribution in [1.82, 2.24) is 9.88 Å². The number of ether oxygens (including phenoxy) is 2. The number of amides is 2. The average Bonchev–Trinajstić information content (AvgIpc) is 3.25. The van der Waals surface area contributed by atoms with Crippen LogP contribution in [0.5, 0.6) is 5.75 Å². The van der Waals surface area contributed by atoms with E-state index in [9.17, 15) is 4.79 Å². The number of nitrogens with zero attached hydrogens (tertiary/aromatic N) is 3. The molecule has 0 saturated carbocycles. The fourth-order valence-electron chi connectivity index (χ4n) is 3.25. The van der Waals surface area contributed by atoms with Crippen molar-refractivity contribution in [3.05, 3.63) is 29.7 Å². The zero-order valence-corrected chi connectivity index (χ0v) is 12.7. The van der Waals surface area contributed by atoms with Crippen molar-refractivity contribution in [1.29, 1.82) is 0 Å². The molecule has 1 unspecified atom stereocenters. The molecule has 2 aromatic rings. The summed E-state index contributed by atoms with van der Waals surface area (Å²) in [6.07, 6.45) is 2.55. The Labute approximate surface area is 130 Å². The molecule has 1 aromatic heterocycles. The summed E-state index contributed by atoms with van der Waals surface area (Å²) in [7, 11) is 1.80. The molecule has 6 nitrogen and oxygen atoms in total. The molecule has 0 bridgehead atoms. The highest BCUT2D eigenvalue weighted by Crippen LogP contribution is 2.41. The van der Waals surface area contributed by atoms with Gasteiger partial charge in [-0.15, -0.1) is 0 Å². The Morgan fingerprint density at radius 3 is 3.23 bits per heavy atom. The molecule has 1 aromatic carbocycles. The van der Waals surface area contributed by atoms with Gasteiger partial charge in [0.15, 0.2) is 5.13 Å². The summed E-state index contributed by atoms with van der Waals surface area (Å²) in [6, 6.07) is 3.95. The van der Waals surface area contributed by atoms with Gasteiger partial charge in [0, 0.05) is 19.0 Å². The Bertz CT molecular complexity index is 844. The van der Waals surface area contributed by atoms with E-state index >= 15 is 0 Å². The number of anilines is 1. The number of carbonyl (C=O) groups is 1. The van der Waals surface area contributed by atoms with Gasteiger partial charge in [0.05, 0.1) is 22.5 Å². The van der Waals surface area contributed by atoms with E-state index in [-0.39, 0.29) is 12.1 Å². The third-order valence-electron chi connectivity index (χ3n) is 4.43. The van der Waals surface area contributed by atoms with Crippen molar-refractivity contribution in [2.75, 3.05) is 25.2 Å². The van der Waals surface area contributed by atoms with Crippen LogP contribution in [0.25, 0.3) is 10.2 Å². The number of thiazole rings is 1. The van der Waals surface area contributed by atoms with Gasteiger partial charge in [0.25, 0.3) is 0 Å². The number of hydrogen-bond donors (Lipinski definition) is 0. The number of carbonyl (C=O) groups excluding carboxylic acids is 1. The van der Waals surface area contributed by atoms with Crippen LogP contribution in [0.1, 0.15) is 5.56 Å². The first-order valence-corrected chi connectivity index (χ1v) is 7.99. The highest BCUT2D eigenvalue weighted by Gasteiger charge is 2.45. The Hall–Kier alpha value is -2.28. The van der Waals surface area contributed by atoms with E-state index in [1.54, 1.807) is 23.1 Å². The van der Waals surface area contributed by atoms with E-state index in [0.717, 1.165) is 33.6 Å². The maximum Gasteiger partial charge on any atom is 0.331 e. The van der Waals surface area contributed by atoms with Gasteiger partial charge in [-0.2, -0.15) is 0 Å². The van der Waals surface area contributed by atoms with Crippen molar-refractivity contribution in [2.45, 2.75) is 12.5 Å². The Morgan fingerprint density at radius 1 is 1.41 bits per heavy atom. The first kappa shape index (κ1) is 12.3. The second-order valence-corrected chi connectivity index (χ2v) is 6.61. The summed E-state index contributed by atoms with van der Waals surface area (Å²) in [6.45, 7) is 1.22. The van der Waals surface area contributed by atoms with E-state index in [2.05, 4.69) is 0 Å². The summed E-state index contributed by atoms with van der Waals surface area (Å²) in [4.78, 5) is 20.6. The molecule has 1 saturated heterocycles. The highest BCUT2D eigenvalue weighted by molar-refractivity contribution is 7.22. The van der Waals surface area contributed by atoms with Crippen LogP contribution in [0.15, 0.2) is 24.1 Å². The minimum atomic E-state index is -0.0495. The molecule has 2 amide bonds. The van der Waals surface area contributed by atoms with Crippen LogP contribution in [0.3, 0.4) is 0 Å². The summed E-state index contributed by atoms with van der Waals surface area (Å²) in [5.41, 5.74) is 2.97. The lowest BCUT2D eigenvalue weighted by atomic mass is 10.1. The first-order chi connectivity index (χ1) is 10.7. The van der Waals surface area contributed by atoms with E-state index < -0.39 is 0 Å². The van der Waals surface area contributed by atoms with Gasteiger partial charge in [-0.05, 0) is 12.1 Å². The zero-order chi connectivity index (χ0) is 14.8. The third-order valence-corrected chi connectivity index (χ3v) is 5.44. The van der Waals surface area contributed by atoms with E-state index in [1.807, 2.05) is 12.1 Å². The van der Waals surface area contributed by atoms with Gasteiger partial charge < -0.3 is 14.4 Å². The molecular weight excluding hydrogens is 302 g/mol. The molecule has 7 heteroatoms. The lowest BCUT2D eigenvalue weighted by Gasteiger charge is -2.14. The topological polar surface area (TPSA) is 54.9 Å². The van der Waals surface area contributed by atoms with E-state index in [1.165, 1.54) is 11.3 Å². The number of rotatable bonds is 1. The molecule has 0 aliphatic carbocycles. The molecule has 0 radical (unpaired) electrons. The highest BCUT2D eigenvalue weighted by atomic mass is 32.1. The second-order valence-electron chi connectivity index (χ2n) is 5.60. The zero-order valence-electron chi connectivity index (χ0n) is 11.9. The maximum absolute atomic E-state index is 12.5. The quantitative estimate of drug-likeness (QED) is 0.810. The monoisotopic (exact) mass is 315 g/mol. The van der Waals surface area contributed by atoms with Gasteiger partial charge in [0.1, 0.15) is 24.7 Å². The molecule has 4 heterocycles. The van der Waals surface area contributed by atoms with Gasteiger partial charge in [-0.25, -0.2) is 14.7 Å². The van der Waals surface area contributed by atoms with Gasteiger partial charge in [0.2, 0.25) is 0 Å². The number of likely N-dealkylation sites (N-methyl/N-ethyl adjacent to an activating group) is 1. The molecule has 3 aliphatic heterocycles. The fourth-order valence-corrected chi connectivity index (χ4v) is 4.26. The Balaban J connectivity index is 1.67. The predicted molar refractivity (Wildman–Crippen MR) is 82.3 cm³/mol. The fraction of sp³-hybridized carbons (Fsp3) is 0.333. The summed E-state index contributed by atoms with van der Waals surface area (Å²) in [5, 5.41) is 0.700. The van der Waals surface area contributed by atoms with Crippen molar-refractivity contribution in [2.24, 2.45) is 0 Å². The van der Waals surface area contributed by atoms with Crippen LogP contribution < -0.4 is 9.64 Å². The standard InChI is InChI=1S/C15H13N3O3S/c1-17-9-6-20-7-10(9)18(15(17)19)14-16-13-8-4-5-21-11(8)2-3-12(13)22-14/h2-3,7,9H,4-6H2,1H3. The normalized spacial score (nSPS) is 22.7. The first-order valence-electron chi connectivity index (χ1n) is 7.18. The minimum Gasteiger partial charge on any atom is -0.497 e. The van der Waals surface area contributed by atoms with Crippen molar-refractivity contribution in [3.8, 4) is 5.75 Å². The largest absolute Gasteiger partial charge is 0.497 e. The van der Waals surface area contributed by atoms with Gasteiger partial charge in [-0.1, -0.05) is 11.3 Å². The van der Waals surface area contributed by atoms with Crippen LogP contribution in [-0.4, -0.2) is 42.2 Å². The lowest BCUT2D eigenvalue weighted by molar-refractivity contribution is 0.190. The van der Waals surface area contributed by atoms with Crippen LogP contribution >= 0.6 is 11.3 Å². The molecule has 0 N–H and O–H groups in total. The number of hydrogen-bond acceptors (Lipinski definition) is 5. The SMILES string of the molecule is CN1C(=O)N(c2nc3c4c(ccc3s2)OCC4)C2=COCC21. The second kappa shape index (κ2) is 4.13. The summed E-state index contributed by atoms with van der Waals surface area (Å²) >= 11 is 1.53. The van der Waals surface area contributed by atoms with Crippen molar-refractivity contribution < 1.29 is 14.3 Å². The molecule has 3 aliphatic rings. The number of benzene rings is 1. The van der Waals surface area contributed by atoms with E-state index in [4.69, 9.17) is 14.5 Å². The predicted octanol–water partition coefficient (Wildman–Crippen LogP) is 2.34. The summed E-state index contributed by atoms with van der Waals surface area (Å²) in [5.74, 6) is 0.913. The van der Waals surface area contributed by atoms with Crippen molar-refractivity contribution >= 4 is 32.7 Å². The summed E-state index contributed by atoms with van der Waals surface area (Å²) < 4.78 is 12.1. The number of urea groups is 1. The molecular formula is C15H13N3O3S. The van der Waals surface area contributed by atoms with Gasteiger partial charge in [-0.3, -0.25) is 0 Å².